The number of sulfonamides is 1. The van der Waals surface area contributed by atoms with Crippen molar-refractivity contribution in [3.8, 4) is 5.75 Å². The Labute approximate surface area is 102 Å². The molecular formula is C11H18N2O3S. The molecule has 0 amide bonds. The molecule has 5 nitrogen and oxygen atoms in total. The van der Waals surface area contributed by atoms with E-state index in [1.807, 2.05) is 6.92 Å². The summed E-state index contributed by atoms with van der Waals surface area (Å²) in [5, 5.41) is 0. The summed E-state index contributed by atoms with van der Waals surface area (Å²) >= 11 is 0. The number of rotatable bonds is 6. The maximum absolute atomic E-state index is 11.8. The summed E-state index contributed by atoms with van der Waals surface area (Å²) in [6.07, 6.45) is 1.87. The average molecular weight is 258 g/mol. The molecule has 0 saturated heterocycles. The van der Waals surface area contributed by atoms with Gasteiger partial charge >= 0.3 is 0 Å². The molecule has 0 unspecified atom stereocenters. The van der Waals surface area contributed by atoms with Gasteiger partial charge in [-0.25, -0.2) is 13.1 Å². The van der Waals surface area contributed by atoms with Crippen LogP contribution in [0.5, 0.6) is 5.75 Å². The molecule has 0 bridgehead atoms. The average Bonchev–Trinajstić information content (AvgIpc) is 2.31. The number of benzene rings is 1. The standard InChI is InChI=1S/C11H18N2O3S/c1-3-4-7-16-10-6-5-9(12)8-11(10)17(14,15)13-2/h5-6,8,13H,3-4,7,12H2,1-2H3. The Morgan fingerprint density at radius 3 is 2.71 bits per heavy atom. The quantitative estimate of drug-likeness (QED) is 0.596. The third-order valence-electron chi connectivity index (χ3n) is 2.28. The number of unbranched alkanes of at least 4 members (excludes halogenated alkanes) is 1. The van der Waals surface area contributed by atoms with Crippen LogP contribution in [0.2, 0.25) is 0 Å². The number of hydrogen-bond donors (Lipinski definition) is 2. The zero-order valence-corrected chi connectivity index (χ0v) is 10.9. The van der Waals surface area contributed by atoms with E-state index in [0.29, 0.717) is 18.0 Å². The van der Waals surface area contributed by atoms with Crippen molar-refractivity contribution in [1.82, 2.24) is 4.72 Å². The largest absolute Gasteiger partial charge is 0.492 e. The van der Waals surface area contributed by atoms with E-state index >= 15 is 0 Å². The van der Waals surface area contributed by atoms with Gasteiger partial charge in [0.1, 0.15) is 10.6 Å². The number of anilines is 1. The van der Waals surface area contributed by atoms with E-state index < -0.39 is 10.0 Å². The van der Waals surface area contributed by atoms with Crippen LogP contribution in [0.25, 0.3) is 0 Å². The van der Waals surface area contributed by atoms with Gasteiger partial charge in [0.15, 0.2) is 0 Å². The van der Waals surface area contributed by atoms with Gasteiger partial charge in [-0.3, -0.25) is 0 Å². The number of ether oxygens (including phenoxy) is 1. The van der Waals surface area contributed by atoms with E-state index in [4.69, 9.17) is 10.5 Å². The molecular weight excluding hydrogens is 240 g/mol. The Morgan fingerprint density at radius 2 is 2.12 bits per heavy atom. The third kappa shape index (κ3) is 3.61. The second-order valence-corrected chi connectivity index (χ2v) is 5.47. The molecule has 1 aromatic rings. The number of nitrogens with two attached hydrogens (primary N) is 1. The lowest BCUT2D eigenvalue weighted by Gasteiger charge is -2.11. The van der Waals surface area contributed by atoms with Gasteiger partial charge in [-0.15, -0.1) is 0 Å². The Kier molecular flexibility index (Phi) is 4.77. The molecule has 0 spiro atoms. The fourth-order valence-corrected chi connectivity index (χ4v) is 2.19. The third-order valence-corrected chi connectivity index (χ3v) is 3.72. The lowest BCUT2D eigenvalue weighted by atomic mass is 10.3. The van der Waals surface area contributed by atoms with Crippen LogP contribution in [0.1, 0.15) is 19.8 Å². The molecule has 0 radical (unpaired) electrons. The highest BCUT2D eigenvalue weighted by Gasteiger charge is 2.18. The molecule has 6 heteroatoms. The first-order valence-electron chi connectivity index (χ1n) is 5.47. The Bertz CT molecular complexity index is 472. The van der Waals surface area contributed by atoms with E-state index in [1.54, 1.807) is 12.1 Å². The summed E-state index contributed by atoms with van der Waals surface area (Å²) in [5.41, 5.74) is 5.98. The highest BCUT2D eigenvalue weighted by molar-refractivity contribution is 7.89. The van der Waals surface area contributed by atoms with Crippen molar-refractivity contribution in [3.05, 3.63) is 18.2 Å². The van der Waals surface area contributed by atoms with Crippen LogP contribution < -0.4 is 15.2 Å². The van der Waals surface area contributed by atoms with Gasteiger partial charge < -0.3 is 10.5 Å². The van der Waals surface area contributed by atoms with E-state index in [-0.39, 0.29) is 4.90 Å². The maximum atomic E-state index is 11.8. The molecule has 96 valence electrons. The monoisotopic (exact) mass is 258 g/mol. The molecule has 0 aliphatic heterocycles. The fourth-order valence-electron chi connectivity index (χ4n) is 1.29. The van der Waals surface area contributed by atoms with Gasteiger partial charge in [0.25, 0.3) is 0 Å². The first-order chi connectivity index (χ1) is 8.01. The zero-order valence-electron chi connectivity index (χ0n) is 10.1. The highest BCUT2D eigenvalue weighted by atomic mass is 32.2. The first kappa shape index (κ1) is 13.8. The van der Waals surface area contributed by atoms with Crippen LogP contribution in [-0.2, 0) is 10.0 Å². The molecule has 1 rings (SSSR count). The van der Waals surface area contributed by atoms with Crippen LogP contribution in [0.15, 0.2) is 23.1 Å². The van der Waals surface area contributed by atoms with Crippen molar-refractivity contribution in [3.63, 3.8) is 0 Å². The summed E-state index contributed by atoms with van der Waals surface area (Å²) in [6, 6.07) is 4.60. The van der Waals surface area contributed by atoms with Crippen LogP contribution in [0.4, 0.5) is 5.69 Å². The summed E-state index contributed by atoms with van der Waals surface area (Å²) in [5.74, 6) is 0.335. The molecule has 0 heterocycles. The smallest absolute Gasteiger partial charge is 0.244 e. The second-order valence-electron chi connectivity index (χ2n) is 3.62. The highest BCUT2D eigenvalue weighted by Crippen LogP contribution is 2.26. The first-order valence-corrected chi connectivity index (χ1v) is 6.95. The summed E-state index contributed by atoms with van der Waals surface area (Å²) in [4.78, 5) is 0.0797. The van der Waals surface area contributed by atoms with Crippen molar-refractivity contribution < 1.29 is 13.2 Å². The summed E-state index contributed by atoms with van der Waals surface area (Å²) < 4.78 is 31.2. The maximum Gasteiger partial charge on any atom is 0.244 e. The second kappa shape index (κ2) is 5.88. The minimum atomic E-state index is -3.54. The van der Waals surface area contributed by atoms with Crippen molar-refractivity contribution in [2.75, 3.05) is 19.4 Å². The minimum Gasteiger partial charge on any atom is -0.492 e. The molecule has 0 aliphatic carbocycles. The Hall–Kier alpha value is -1.27. The Morgan fingerprint density at radius 1 is 1.41 bits per heavy atom. The van der Waals surface area contributed by atoms with Crippen LogP contribution in [0.3, 0.4) is 0 Å². The van der Waals surface area contributed by atoms with E-state index in [0.717, 1.165) is 12.8 Å². The van der Waals surface area contributed by atoms with Crippen LogP contribution >= 0.6 is 0 Å². The number of nitrogens with one attached hydrogen (secondary N) is 1. The molecule has 0 atom stereocenters. The molecule has 1 aromatic carbocycles. The van der Waals surface area contributed by atoms with Crippen molar-refractivity contribution in [2.24, 2.45) is 0 Å². The SMILES string of the molecule is CCCCOc1ccc(N)cc1S(=O)(=O)NC. The zero-order chi connectivity index (χ0) is 12.9. The summed E-state index contributed by atoms with van der Waals surface area (Å²) in [6.45, 7) is 2.53. The molecule has 0 aromatic heterocycles. The number of nitrogen functional groups attached to an aromatic ring is 1. The van der Waals surface area contributed by atoms with Crippen molar-refractivity contribution in [1.29, 1.82) is 0 Å². The molecule has 3 N–H and O–H groups in total. The molecule has 17 heavy (non-hydrogen) atoms. The van der Waals surface area contributed by atoms with E-state index in [9.17, 15) is 8.42 Å². The van der Waals surface area contributed by atoms with E-state index in [2.05, 4.69) is 4.72 Å². The normalized spacial score (nSPS) is 11.4. The van der Waals surface area contributed by atoms with Gasteiger partial charge in [-0.05, 0) is 31.7 Å². The predicted octanol–water partition coefficient (Wildman–Crippen LogP) is 1.36. The summed E-state index contributed by atoms with van der Waals surface area (Å²) in [7, 11) is -2.19. The van der Waals surface area contributed by atoms with Gasteiger partial charge in [0.2, 0.25) is 10.0 Å². The Balaban J connectivity index is 3.04. The van der Waals surface area contributed by atoms with E-state index in [1.165, 1.54) is 13.1 Å². The van der Waals surface area contributed by atoms with Gasteiger partial charge in [-0.2, -0.15) is 0 Å². The molecule has 0 aliphatic rings. The van der Waals surface area contributed by atoms with Gasteiger partial charge in [0.05, 0.1) is 6.61 Å². The lowest BCUT2D eigenvalue weighted by Crippen LogP contribution is -2.20. The minimum absolute atomic E-state index is 0.0797. The predicted molar refractivity (Wildman–Crippen MR) is 67.5 cm³/mol. The topological polar surface area (TPSA) is 81.4 Å². The van der Waals surface area contributed by atoms with Crippen LogP contribution in [-0.4, -0.2) is 22.1 Å². The van der Waals surface area contributed by atoms with Crippen molar-refractivity contribution >= 4 is 15.7 Å². The van der Waals surface area contributed by atoms with Crippen molar-refractivity contribution in [2.45, 2.75) is 24.7 Å². The number of hydrogen-bond acceptors (Lipinski definition) is 4. The fraction of sp³-hybridized carbons (Fsp3) is 0.455. The molecule has 0 fully saturated rings. The van der Waals surface area contributed by atoms with Gasteiger partial charge in [0, 0.05) is 5.69 Å². The molecule has 0 saturated carbocycles. The van der Waals surface area contributed by atoms with Gasteiger partial charge in [-0.1, -0.05) is 13.3 Å². The lowest BCUT2D eigenvalue weighted by molar-refractivity contribution is 0.301. The van der Waals surface area contributed by atoms with Crippen LogP contribution in [0, 0.1) is 0 Å².